The van der Waals surface area contributed by atoms with Crippen LogP contribution in [0.25, 0.3) is 0 Å². The van der Waals surface area contributed by atoms with E-state index in [1.807, 2.05) is 6.92 Å². The summed E-state index contributed by atoms with van der Waals surface area (Å²) >= 11 is 0. The fourth-order valence-corrected chi connectivity index (χ4v) is 1.30. The van der Waals surface area contributed by atoms with Gasteiger partial charge >= 0.3 is 0 Å². The largest absolute Gasteiger partial charge is 0.284 e. The maximum absolute atomic E-state index is 10.6. The standard InChI is InChI=1S/C10H11N2O4/c1-2-3-4-8-5-9(11(13)14)7-10(6-8)12(15)16/h5,7H,2-4H2,1H3. The highest BCUT2D eigenvalue weighted by Crippen LogP contribution is 2.22. The van der Waals surface area contributed by atoms with Gasteiger partial charge in [0.05, 0.1) is 22.0 Å². The molecule has 1 rings (SSSR count). The van der Waals surface area contributed by atoms with Gasteiger partial charge < -0.3 is 0 Å². The molecule has 0 N–H and O–H groups in total. The lowest BCUT2D eigenvalue weighted by Gasteiger charge is -1.99. The number of benzene rings is 1. The number of unbranched alkanes of at least 4 members (excludes halogenated alkanes) is 1. The molecule has 0 aromatic heterocycles. The van der Waals surface area contributed by atoms with Crippen LogP contribution in [0.5, 0.6) is 0 Å². The fourth-order valence-electron chi connectivity index (χ4n) is 1.30. The van der Waals surface area contributed by atoms with Gasteiger partial charge in [-0.25, -0.2) is 0 Å². The first-order valence-electron chi connectivity index (χ1n) is 4.89. The van der Waals surface area contributed by atoms with Gasteiger partial charge in [-0.15, -0.1) is 0 Å². The summed E-state index contributed by atoms with van der Waals surface area (Å²) in [5.41, 5.74) is -0.0837. The van der Waals surface area contributed by atoms with E-state index in [4.69, 9.17) is 0 Å². The maximum atomic E-state index is 10.6. The van der Waals surface area contributed by atoms with Crippen molar-refractivity contribution >= 4 is 11.4 Å². The van der Waals surface area contributed by atoms with Gasteiger partial charge in [0.1, 0.15) is 0 Å². The van der Waals surface area contributed by atoms with Crippen LogP contribution in [0, 0.1) is 26.3 Å². The summed E-state index contributed by atoms with van der Waals surface area (Å²) in [4.78, 5) is 19.8. The van der Waals surface area contributed by atoms with E-state index in [2.05, 4.69) is 6.07 Å². The van der Waals surface area contributed by atoms with Gasteiger partial charge in [-0.3, -0.25) is 20.2 Å². The van der Waals surface area contributed by atoms with Gasteiger partial charge in [-0.05, 0) is 18.4 Å². The molecule has 0 aliphatic rings. The van der Waals surface area contributed by atoms with E-state index in [9.17, 15) is 20.2 Å². The van der Waals surface area contributed by atoms with E-state index in [0.29, 0.717) is 12.0 Å². The Morgan fingerprint density at radius 1 is 1.25 bits per heavy atom. The molecular formula is C10H11N2O4. The van der Waals surface area contributed by atoms with Crippen LogP contribution in [0.4, 0.5) is 11.4 Å². The molecule has 85 valence electrons. The molecule has 1 aromatic rings. The van der Waals surface area contributed by atoms with E-state index in [1.54, 1.807) is 0 Å². The third-order valence-corrected chi connectivity index (χ3v) is 2.10. The molecule has 0 fully saturated rings. The topological polar surface area (TPSA) is 86.3 Å². The first-order chi connectivity index (χ1) is 7.54. The number of nitro groups is 2. The van der Waals surface area contributed by atoms with Gasteiger partial charge in [0.25, 0.3) is 11.4 Å². The van der Waals surface area contributed by atoms with E-state index in [0.717, 1.165) is 18.9 Å². The number of hydrogen-bond acceptors (Lipinski definition) is 4. The Hall–Kier alpha value is -1.98. The van der Waals surface area contributed by atoms with Crippen LogP contribution in [-0.4, -0.2) is 9.85 Å². The highest BCUT2D eigenvalue weighted by molar-refractivity contribution is 5.45. The Morgan fingerprint density at radius 3 is 2.44 bits per heavy atom. The molecule has 0 unspecified atom stereocenters. The van der Waals surface area contributed by atoms with Crippen molar-refractivity contribution in [1.82, 2.24) is 0 Å². The lowest BCUT2D eigenvalue weighted by molar-refractivity contribution is -0.394. The lowest BCUT2D eigenvalue weighted by atomic mass is 10.1. The van der Waals surface area contributed by atoms with E-state index < -0.39 is 9.85 Å². The van der Waals surface area contributed by atoms with Gasteiger partial charge in [0, 0.05) is 6.07 Å². The second kappa shape index (κ2) is 5.20. The number of hydrogen-bond donors (Lipinski definition) is 0. The van der Waals surface area contributed by atoms with Crippen molar-refractivity contribution in [3.8, 4) is 0 Å². The quantitative estimate of drug-likeness (QED) is 0.567. The minimum absolute atomic E-state index is 0.253. The minimum atomic E-state index is -0.664. The van der Waals surface area contributed by atoms with Crippen LogP contribution in [0.3, 0.4) is 0 Å². The number of aryl methyl sites for hydroxylation is 1. The molecule has 0 spiro atoms. The molecule has 6 heteroatoms. The van der Waals surface area contributed by atoms with Crippen LogP contribution in [-0.2, 0) is 6.42 Å². The molecule has 0 saturated carbocycles. The van der Waals surface area contributed by atoms with E-state index in [-0.39, 0.29) is 11.4 Å². The SMILES string of the molecule is CCCCc1[c]c([N+](=O)[O-])cc([N+](=O)[O-])c1. The average molecular weight is 223 g/mol. The van der Waals surface area contributed by atoms with Crippen molar-refractivity contribution in [3.05, 3.63) is 44.0 Å². The molecule has 16 heavy (non-hydrogen) atoms. The second-order valence-corrected chi connectivity index (χ2v) is 3.37. The predicted molar refractivity (Wildman–Crippen MR) is 57.2 cm³/mol. The third kappa shape index (κ3) is 3.01. The van der Waals surface area contributed by atoms with Crippen LogP contribution in [0.15, 0.2) is 12.1 Å². The molecule has 0 saturated heterocycles. The second-order valence-electron chi connectivity index (χ2n) is 3.37. The van der Waals surface area contributed by atoms with E-state index in [1.165, 1.54) is 6.07 Å². The molecule has 0 amide bonds. The van der Waals surface area contributed by atoms with Crippen molar-refractivity contribution in [1.29, 1.82) is 0 Å². The molecule has 6 nitrogen and oxygen atoms in total. The number of rotatable bonds is 5. The molecule has 0 heterocycles. The Balaban J connectivity index is 3.08. The van der Waals surface area contributed by atoms with Gasteiger partial charge in [-0.1, -0.05) is 13.3 Å². The Bertz CT molecular complexity index is 385. The summed E-state index contributed by atoms with van der Waals surface area (Å²) < 4.78 is 0. The van der Waals surface area contributed by atoms with E-state index >= 15 is 0 Å². The molecular weight excluding hydrogens is 212 g/mol. The Morgan fingerprint density at radius 2 is 1.94 bits per heavy atom. The third-order valence-electron chi connectivity index (χ3n) is 2.10. The monoisotopic (exact) mass is 223 g/mol. The van der Waals surface area contributed by atoms with Gasteiger partial charge in [0.15, 0.2) is 0 Å². The first kappa shape index (κ1) is 12.1. The molecule has 0 bridgehead atoms. The highest BCUT2D eigenvalue weighted by atomic mass is 16.6. The minimum Gasteiger partial charge on any atom is -0.258 e. The fraction of sp³-hybridized carbons (Fsp3) is 0.400. The zero-order valence-electron chi connectivity index (χ0n) is 8.80. The molecule has 1 aromatic carbocycles. The summed E-state index contributed by atoms with van der Waals surface area (Å²) in [6.07, 6.45) is 2.32. The molecule has 0 aliphatic carbocycles. The van der Waals surface area contributed by atoms with Crippen LogP contribution >= 0.6 is 0 Å². The highest BCUT2D eigenvalue weighted by Gasteiger charge is 2.16. The van der Waals surface area contributed by atoms with Crippen LogP contribution in [0.2, 0.25) is 0 Å². The molecule has 0 atom stereocenters. The number of nitro benzene ring substituents is 2. The zero-order valence-corrected chi connectivity index (χ0v) is 8.80. The lowest BCUT2D eigenvalue weighted by Crippen LogP contribution is -1.96. The maximum Gasteiger partial charge on any atom is 0.284 e. The predicted octanol–water partition coefficient (Wildman–Crippen LogP) is 2.65. The van der Waals surface area contributed by atoms with Gasteiger partial charge in [0.2, 0.25) is 0 Å². The zero-order chi connectivity index (χ0) is 12.1. The summed E-state index contributed by atoms with van der Waals surface area (Å²) in [7, 11) is 0. The Kier molecular flexibility index (Phi) is 3.93. The Labute approximate surface area is 92.2 Å². The smallest absolute Gasteiger partial charge is 0.258 e. The van der Waals surface area contributed by atoms with Crippen molar-refractivity contribution in [2.24, 2.45) is 0 Å². The number of nitrogens with zero attached hydrogens (tertiary/aromatic N) is 2. The van der Waals surface area contributed by atoms with Crippen molar-refractivity contribution < 1.29 is 9.85 Å². The summed E-state index contributed by atoms with van der Waals surface area (Å²) in [5, 5.41) is 21.1. The van der Waals surface area contributed by atoms with Crippen molar-refractivity contribution in [2.45, 2.75) is 26.2 Å². The number of non-ortho nitro benzene ring substituents is 2. The van der Waals surface area contributed by atoms with Crippen molar-refractivity contribution in [2.75, 3.05) is 0 Å². The van der Waals surface area contributed by atoms with Crippen LogP contribution in [0.1, 0.15) is 25.3 Å². The molecule has 0 aliphatic heterocycles. The van der Waals surface area contributed by atoms with Crippen molar-refractivity contribution in [3.63, 3.8) is 0 Å². The summed E-state index contributed by atoms with van der Waals surface area (Å²) in [6, 6.07) is 4.83. The van der Waals surface area contributed by atoms with Crippen LogP contribution < -0.4 is 0 Å². The average Bonchev–Trinajstić information content (AvgIpc) is 2.25. The summed E-state index contributed by atoms with van der Waals surface area (Å²) in [6.45, 7) is 1.98. The summed E-state index contributed by atoms with van der Waals surface area (Å²) in [5.74, 6) is 0. The molecule has 1 radical (unpaired) electrons. The normalized spacial score (nSPS) is 10.1. The van der Waals surface area contributed by atoms with Gasteiger partial charge in [-0.2, -0.15) is 0 Å². The first-order valence-corrected chi connectivity index (χ1v) is 4.89.